The van der Waals surface area contributed by atoms with Crippen molar-refractivity contribution in [2.75, 3.05) is 18.8 Å². The molecule has 1 aliphatic rings. The summed E-state index contributed by atoms with van der Waals surface area (Å²) in [5.41, 5.74) is 1.20. The molecule has 0 aliphatic carbocycles. The number of carbonyl (C=O) groups is 1. The summed E-state index contributed by atoms with van der Waals surface area (Å²) in [6.45, 7) is 3.73. The molecule has 0 saturated carbocycles. The fourth-order valence-corrected chi connectivity index (χ4v) is 5.36. The Kier molecular flexibility index (Phi) is 7.02. The van der Waals surface area contributed by atoms with Crippen LogP contribution in [0.5, 0.6) is 0 Å². The SMILES string of the molecule is O=C(CSc1nnc(CN2CCCCC2)n1Cc1ccccc1)c1ccc(Cl)s1. The summed E-state index contributed by atoms with van der Waals surface area (Å²) < 4.78 is 2.79. The lowest BCUT2D eigenvalue weighted by molar-refractivity contribution is 0.102. The van der Waals surface area contributed by atoms with Crippen LogP contribution in [0.4, 0.5) is 0 Å². The quantitative estimate of drug-likeness (QED) is 0.360. The van der Waals surface area contributed by atoms with Gasteiger partial charge in [0.2, 0.25) is 0 Å². The van der Waals surface area contributed by atoms with E-state index in [0.29, 0.717) is 21.5 Å². The summed E-state index contributed by atoms with van der Waals surface area (Å²) in [6, 6.07) is 13.9. The number of carbonyl (C=O) groups excluding carboxylic acids is 1. The summed E-state index contributed by atoms with van der Waals surface area (Å²) in [6.07, 6.45) is 3.79. The van der Waals surface area contributed by atoms with E-state index in [1.807, 2.05) is 18.2 Å². The van der Waals surface area contributed by atoms with Crippen molar-refractivity contribution in [1.82, 2.24) is 19.7 Å². The molecule has 1 aliphatic heterocycles. The number of nitrogens with zero attached hydrogens (tertiary/aromatic N) is 4. The molecular formula is C21H23ClN4OS2. The molecule has 1 aromatic carbocycles. The molecule has 29 heavy (non-hydrogen) atoms. The summed E-state index contributed by atoms with van der Waals surface area (Å²) in [5.74, 6) is 1.36. The van der Waals surface area contributed by atoms with Crippen LogP contribution in [0.2, 0.25) is 4.34 Å². The Balaban J connectivity index is 1.51. The number of benzene rings is 1. The number of halogens is 1. The third kappa shape index (κ3) is 5.48. The van der Waals surface area contributed by atoms with Gasteiger partial charge >= 0.3 is 0 Å². The number of likely N-dealkylation sites (tertiary alicyclic amines) is 1. The lowest BCUT2D eigenvalue weighted by atomic mass is 10.1. The van der Waals surface area contributed by atoms with Crippen molar-refractivity contribution in [2.45, 2.75) is 37.5 Å². The van der Waals surface area contributed by atoms with E-state index < -0.39 is 0 Å². The molecule has 152 valence electrons. The first kappa shape index (κ1) is 20.6. The Labute approximate surface area is 184 Å². The molecule has 3 heterocycles. The van der Waals surface area contributed by atoms with Crippen molar-refractivity contribution in [3.8, 4) is 0 Å². The molecular weight excluding hydrogens is 424 g/mol. The van der Waals surface area contributed by atoms with Crippen molar-refractivity contribution < 1.29 is 4.79 Å². The van der Waals surface area contributed by atoms with E-state index in [1.54, 1.807) is 12.1 Å². The van der Waals surface area contributed by atoms with Gasteiger partial charge in [-0.05, 0) is 43.6 Å². The summed E-state index contributed by atoms with van der Waals surface area (Å²) in [5, 5.41) is 9.69. The highest BCUT2D eigenvalue weighted by Crippen LogP contribution is 2.25. The monoisotopic (exact) mass is 446 g/mol. The first-order valence-electron chi connectivity index (χ1n) is 9.79. The number of aromatic nitrogens is 3. The number of Topliss-reactive ketones (excluding diaryl/α,β-unsaturated/α-hetero) is 1. The second-order valence-electron chi connectivity index (χ2n) is 7.12. The Morgan fingerprint density at radius 2 is 1.83 bits per heavy atom. The van der Waals surface area contributed by atoms with Gasteiger partial charge in [0.05, 0.1) is 28.1 Å². The molecule has 8 heteroatoms. The number of piperidine rings is 1. The third-order valence-corrected chi connectivity index (χ3v) is 7.21. The molecule has 0 N–H and O–H groups in total. The van der Waals surface area contributed by atoms with Gasteiger partial charge in [0.1, 0.15) is 5.82 Å². The molecule has 2 aromatic heterocycles. The Morgan fingerprint density at radius 1 is 1.03 bits per heavy atom. The Bertz CT molecular complexity index is 951. The van der Waals surface area contributed by atoms with Crippen molar-refractivity contribution in [3.05, 3.63) is 63.1 Å². The van der Waals surface area contributed by atoms with Crippen LogP contribution in [-0.2, 0) is 13.1 Å². The van der Waals surface area contributed by atoms with E-state index in [2.05, 4.69) is 31.8 Å². The minimum absolute atomic E-state index is 0.0683. The predicted molar refractivity (Wildman–Crippen MR) is 119 cm³/mol. The van der Waals surface area contributed by atoms with Crippen LogP contribution in [0.3, 0.4) is 0 Å². The zero-order valence-corrected chi connectivity index (χ0v) is 18.5. The van der Waals surface area contributed by atoms with Crippen LogP contribution >= 0.6 is 34.7 Å². The molecule has 5 nitrogen and oxygen atoms in total. The molecule has 3 aromatic rings. The van der Waals surface area contributed by atoms with E-state index in [0.717, 1.165) is 30.6 Å². The molecule has 0 unspecified atom stereocenters. The zero-order valence-electron chi connectivity index (χ0n) is 16.1. The summed E-state index contributed by atoms with van der Waals surface area (Å²) in [4.78, 5) is 15.6. The molecule has 0 bridgehead atoms. The fourth-order valence-electron chi connectivity index (χ4n) is 3.45. The predicted octanol–water partition coefficient (Wildman–Crippen LogP) is 5.00. The first-order valence-corrected chi connectivity index (χ1v) is 12.0. The molecule has 0 atom stereocenters. The minimum atomic E-state index is 0.0683. The van der Waals surface area contributed by atoms with Gasteiger partial charge in [-0.1, -0.05) is 60.1 Å². The smallest absolute Gasteiger partial charge is 0.192 e. The van der Waals surface area contributed by atoms with Crippen LogP contribution < -0.4 is 0 Å². The number of rotatable bonds is 8. The lowest BCUT2D eigenvalue weighted by Gasteiger charge is -2.26. The summed E-state index contributed by atoms with van der Waals surface area (Å²) >= 11 is 8.73. The number of thiophene rings is 1. The van der Waals surface area contributed by atoms with Crippen LogP contribution in [0.1, 0.15) is 40.3 Å². The van der Waals surface area contributed by atoms with Crippen molar-refractivity contribution >= 4 is 40.5 Å². The van der Waals surface area contributed by atoms with Crippen LogP contribution in [-0.4, -0.2) is 44.3 Å². The lowest BCUT2D eigenvalue weighted by Crippen LogP contribution is -2.30. The van der Waals surface area contributed by atoms with Gasteiger partial charge < -0.3 is 4.57 Å². The van der Waals surface area contributed by atoms with E-state index in [9.17, 15) is 4.79 Å². The number of thioether (sulfide) groups is 1. The fraction of sp³-hybridized carbons (Fsp3) is 0.381. The van der Waals surface area contributed by atoms with Crippen molar-refractivity contribution in [2.24, 2.45) is 0 Å². The minimum Gasteiger partial charge on any atom is -0.300 e. The van der Waals surface area contributed by atoms with Gasteiger partial charge in [-0.3, -0.25) is 9.69 Å². The van der Waals surface area contributed by atoms with Gasteiger partial charge in [-0.15, -0.1) is 21.5 Å². The van der Waals surface area contributed by atoms with Crippen LogP contribution in [0, 0.1) is 0 Å². The summed E-state index contributed by atoms with van der Waals surface area (Å²) in [7, 11) is 0. The topological polar surface area (TPSA) is 51.0 Å². The normalized spacial score (nSPS) is 14.9. The van der Waals surface area contributed by atoms with Gasteiger partial charge in [0, 0.05) is 0 Å². The molecule has 1 saturated heterocycles. The highest BCUT2D eigenvalue weighted by atomic mass is 35.5. The van der Waals surface area contributed by atoms with E-state index in [1.165, 1.54) is 47.9 Å². The molecule has 1 fully saturated rings. The van der Waals surface area contributed by atoms with Gasteiger partial charge in [0.15, 0.2) is 10.9 Å². The number of hydrogen-bond acceptors (Lipinski definition) is 6. The second-order valence-corrected chi connectivity index (χ2v) is 9.78. The Morgan fingerprint density at radius 3 is 2.55 bits per heavy atom. The van der Waals surface area contributed by atoms with Gasteiger partial charge in [0.25, 0.3) is 0 Å². The molecule has 0 amide bonds. The molecule has 0 radical (unpaired) electrons. The van der Waals surface area contributed by atoms with Crippen LogP contribution in [0.25, 0.3) is 0 Å². The zero-order chi connectivity index (χ0) is 20.1. The maximum Gasteiger partial charge on any atom is 0.192 e. The van der Waals surface area contributed by atoms with Crippen LogP contribution in [0.15, 0.2) is 47.6 Å². The van der Waals surface area contributed by atoms with Gasteiger partial charge in [-0.2, -0.15) is 0 Å². The third-order valence-electron chi connectivity index (χ3n) is 4.97. The average molecular weight is 447 g/mol. The van der Waals surface area contributed by atoms with Crippen molar-refractivity contribution in [3.63, 3.8) is 0 Å². The average Bonchev–Trinajstić information content (AvgIpc) is 3.34. The highest BCUT2D eigenvalue weighted by molar-refractivity contribution is 7.99. The molecule has 0 spiro atoms. The maximum absolute atomic E-state index is 12.5. The Hall–Kier alpha value is -1.67. The molecule has 4 rings (SSSR count). The number of ketones is 1. The standard InChI is InChI=1S/C21H23ClN4OS2/c22-19-10-9-18(29-19)17(27)15-28-21-24-23-20(14-25-11-5-2-6-12-25)26(21)13-16-7-3-1-4-8-16/h1,3-4,7-10H,2,5-6,11-15H2. The van der Waals surface area contributed by atoms with Crippen molar-refractivity contribution in [1.29, 1.82) is 0 Å². The van der Waals surface area contributed by atoms with Gasteiger partial charge in [-0.25, -0.2) is 0 Å². The number of hydrogen-bond donors (Lipinski definition) is 0. The van der Waals surface area contributed by atoms with E-state index in [-0.39, 0.29) is 5.78 Å². The van der Waals surface area contributed by atoms with E-state index >= 15 is 0 Å². The maximum atomic E-state index is 12.5. The highest BCUT2D eigenvalue weighted by Gasteiger charge is 2.19. The second kappa shape index (κ2) is 9.89. The van der Waals surface area contributed by atoms with E-state index in [4.69, 9.17) is 11.6 Å². The first-order chi connectivity index (χ1) is 14.2. The largest absolute Gasteiger partial charge is 0.300 e.